The Bertz CT molecular complexity index is 892. The van der Waals surface area contributed by atoms with Crippen LogP contribution in [0.1, 0.15) is 112 Å². The van der Waals surface area contributed by atoms with E-state index >= 15 is 0 Å². The molecule has 2 atom stereocenters. The molecular formula is C33H56N2O6. The number of hydrogen-bond acceptors (Lipinski definition) is 5. The fraction of sp³-hybridized carbons (Fsp3) is 0.727. The molecule has 8 nitrogen and oxygen atoms in total. The normalized spacial score (nSPS) is 19.9. The molecule has 1 rings (SSSR count). The fourth-order valence-corrected chi connectivity index (χ4v) is 4.44. The molecular weight excluding hydrogens is 520 g/mol. The Morgan fingerprint density at radius 2 is 1.51 bits per heavy atom. The molecule has 0 radical (unpaired) electrons. The van der Waals surface area contributed by atoms with Crippen molar-refractivity contribution < 1.29 is 29.0 Å². The number of carboxylic acid groups (broad SMARTS) is 1. The highest BCUT2D eigenvalue weighted by Gasteiger charge is 2.46. The van der Waals surface area contributed by atoms with Gasteiger partial charge in [0.15, 0.2) is 5.79 Å². The van der Waals surface area contributed by atoms with Gasteiger partial charge in [0.25, 0.3) is 0 Å². The Kier molecular flexibility index (Phi) is 16.8. The van der Waals surface area contributed by atoms with Gasteiger partial charge in [-0.1, -0.05) is 76.5 Å². The molecule has 3 N–H and O–H groups in total. The van der Waals surface area contributed by atoms with E-state index in [0.717, 1.165) is 57.8 Å². The molecule has 2 amide bonds. The Labute approximate surface area is 248 Å². The third-order valence-electron chi connectivity index (χ3n) is 7.36. The molecule has 0 aliphatic carbocycles. The standard InChI is InChI=1S/C33H56N2O6/c1-7-8-9-10-11-12-13-14-15-16-17-18-19-20-21-22-27(36)34-24-23-33(6,30(38)39)25-35-29(37)28-31(2,3)26-40-32(4,5)41-28/h8-9,11-12,14-15,28H,7,10,13,16-26H2,1-6H3,(H,34,36)(H,35,37)(H,38,39)/b9-8-,12-11-,15-14-. The van der Waals surface area contributed by atoms with Gasteiger partial charge in [-0.3, -0.25) is 14.4 Å². The second kappa shape index (κ2) is 18.9. The zero-order chi connectivity index (χ0) is 30.8. The molecule has 1 heterocycles. The van der Waals surface area contributed by atoms with Gasteiger partial charge in [0.1, 0.15) is 6.10 Å². The van der Waals surface area contributed by atoms with Gasteiger partial charge in [-0.15, -0.1) is 0 Å². The lowest BCUT2D eigenvalue weighted by Crippen LogP contribution is -2.57. The van der Waals surface area contributed by atoms with Gasteiger partial charge in [-0.2, -0.15) is 0 Å². The third-order valence-corrected chi connectivity index (χ3v) is 7.36. The van der Waals surface area contributed by atoms with Crippen molar-refractivity contribution >= 4 is 17.8 Å². The van der Waals surface area contributed by atoms with Gasteiger partial charge in [0.05, 0.1) is 12.0 Å². The maximum Gasteiger partial charge on any atom is 0.311 e. The summed E-state index contributed by atoms with van der Waals surface area (Å²) < 4.78 is 11.5. The molecule has 0 saturated carbocycles. The predicted molar refractivity (Wildman–Crippen MR) is 164 cm³/mol. The van der Waals surface area contributed by atoms with Crippen LogP contribution in [0.2, 0.25) is 0 Å². The lowest BCUT2D eigenvalue weighted by atomic mass is 9.84. The topological polar surface area (TPSA) is 114 Å². The summed E-state index contributed by atoms with van der Waals surface area (Å²) >= 11 is 0. The smallest absolute Gasteiger partial charge is 0.311 e. The maximum absolute atomic E-state index is 12.9. The van der Waals surface area contributed by atoms with Gasteiger partial charge in [-0.25, -0.2) is 0 Å². The number of carbonyl (C=O) groups is 3. The van der Waals surface area contributed by atoms with E-state index in [1.54, 1.807) is 20.8 Å². The van der Waals surface area contributed by atoms with Gasteiger partial charge < -0.3 is 25.2 Å². The Morgan fingerprint density at radius 3 is 2.17 bits per heavy atom. The largest absolute Gasteiger partial charge is 0.481 e. The number of ether oxygens (including phenoxy) is 2. The highest BCUT2D eigenvalue weighted by Crippen LogP contribution is 2.35. The molecule has 41 heavy (non-hydrogen) atoms. The maximum atomic E-state index is 12.9. The summed E-state index contributed by atoms with van der Waals surface area (Å²) in [5.41, 5.74) is -1.77. The first-order valence-corrected chi connectivity index (χ1v) is 15.4. The lowest BCUT2D eigenvalue weighted by molar-refractivity contribution is -0.304. The van der Waals surface area contributed by atoms with Crippen LogP contribution in [0, 0.1) is 10.8 Å². The zero-order valence-electron chi connectivity index (χ0n) is 26.4. The molecule has 0 aromatic rings. The first kappa shape index (κ1) is 36.6. The lowest BCUT2D eigenvalue weighted by Gasteiger charge is -2.45. The molecule has 1 aliphatic heterocycles. The van der Waals surface area contributed by atoms with E-state index < -0.39 is 28.7 Å². The van der Waals surface area contributed by atoms with Crippen LogP contribution in [0.4, 0.5) is 0 Å². The van der Waals surface area contributed by atoms with Crippen molar-refractivity contribution in [1.82, 2.24) is 10.6 Å². The Hall–Kier alpha value is -2.45. The summed E-state index contributed by atoms with van der Waals surface area (Å²) in [5, 5.41) is 15.4. The Morgan fingerprint density at radius 1 is 0.902 bits per heavy atom. The molecule has 0 aromatic heterocycles. The fourth-order valence-electron chi connectivity index (χ4n) is 4.44. The van der Waals surface area contributed by atoms with Crippen molar-refractivity contribution in [2.75, 3.05) is 19.7 Å². The van der Waals surface area contributed by atoms with Crippen LogP contribution < -0.4 is 10.6 Å². The summed E-state index contributed by atoms with van der Waals surface area (Å²) in [6.45, 7) is 11.5. The highest BCUT2D eigenvalue weighted by atomic mass is 16.7. The summed E-state index contributed by atoms with van der Waals surface area (Å²) in [5.74, 6) is -2.34. The average molecular weight is 577 g/mol. The SMILES string of the molecule is CC/C=C\C/C=C\C/C=C\CCCCCCCC(=O)NCCC(C)(CNC(=O)C1OC(C)(C)OCC1(C)C)C(=O)O. The number of nitrogens with one attached hydrogen (secondary N) is 2. The van der Waals surface area contributed by atoms with E-state index in [0.29, 0.717) is 13.0 Å². The molecule has 8 heteroatoms. The summed E-state index contributed by atoms with van der Waals surface area (Å²) in [6.07, 6.45) is 22.5. The first-order chi connectivity index (χ1) is 19.3. The summed E-state index contributed by atoms with van der Waals surface area (Å²) in [7, 11) is 0. The molecule has 0 spiro atoms. The van der Waals surface area contributed by atoms with Gasteiger partial charge in [-0.05, 0) is 65.7 Å². The molecule has 0 bridgehead atoms. The van der Waals surface area contributed by atoms with Crippen LogP contribution in [-0.4, -0.2) is 54.5 Å². The van der Waals surface area contributed by atoms with Crippen LogP contribution in [-0.2, 0) is 23.9 Å². The quantitative estimate of drug-likeness (QED) is 0.113. The van der Waals surface area contributed by atoms with Crippen molar-refractivity contribution in [2.24, 2.45) is 10.8 Å². The van der Waals surface area contributed by atoms with Crippen LogP contribution in [0.15, 0.2) is 36.5 Å². The molecule has 0 aromatic carbocycles. The number of unbranched alkanes of at least 4 members (excludes halogenated alkanes) is 5. The minimum atomic E-state index is -1.22. The molecule has 234 valence electrons. The van der Waals surface area contributed by atoms with Crippen molar-refractivity contribution in [1.29, 1.82) is 0 Å². The molecule has 1 fully saturated rings. The van der Waals surface area contributed by atoms with E-state index in [4.69, 9.17) is 9.47 Å². The van der Waals surface area contributed by atoms with Crippen molar-refractivity contribution in [3.05, 3.63) is 36.5 Å². The van der Waals surface area contributed by atoms with Gasteiger partial charge >= 0.3 is 5.97 Å². The number of hydrogen-bond donors (Lipinski definition) is 3. The van der Waals surface area contributed by atoms with Crippen LogP contribution in [0.25, 0.3) is 0 Å². The summed E-state index contributed by atoms with van der Waals surface area (Å²) in [6, 6.07) is 0. The Balaban J connectivity index is 2.23. The van der Waals surface area contributed by atoms with E-state index in [1.165, 1.54) is 0 Å². The van der Waals surface area contributed by atoms with Crippen LogP contribution >= 0.6 is 0 Å². The van der Waals surface area contributed by atoms with E-state index in [1.807, 2.05) is 13.8 Å². The minimum absolute atomic E-state index is 0.0587. The zero-order valence-corrected chi connectivity index (χ0v) is 26.4. The highest BCUT2D eigenvalue weighted by molar-refractivity contribution is 5.83. The number of carbonyl (C=O) groups excluding carboxylic acids is 2. The molecule has 2 unspecified atom stereocenters. The van der Waals surface area contributed by atoms with Gasteiger partial charge in [0, 0.05) is 24.9 Å². The van der Waals surface area contributed by atoms with Crippen molar-refractivity contribution in [3.63, 3.8) is 0 Å². The molecule has 1 saturated heterocycles. The van der Waals surface area contributed by atoms with E-state index in [9.17, 15) is 19.5 Å². The monoisotopic (exact) mass is 576 g/mol. The van der Waals surface area contributed by atoms with Crippen LogP contribution in [0.3, 0.4) is 0 Å². The second-order valence-corrected chi connectivity index (χ2v) is 12.5. The van der Waals surface area contributed by atoms with Crippen molar-refractivity contribution in [2.45, 2.75) is 124 Å². The number of allylic oxidation sites excluding steroid dienone is 6. The van der Waals surface area contributed by atoms with E-state index in [-0.39, 0.29) is 31.3 Å². The number of carboxylic acids is 1. The number of rotatable bonds is 20. The molecule has 1 aliphatic rings. The predicted octanol–water partition coefficient (Wildman–Crippen LogP) is 6.47. The minimum Gasteiger partial charge on any atom is -0.481 e. The van der Waals surface area contributed by atoms with Crippen LogP contribution in [0.5, 0.6) is 0 Å². The first-order valence-electron chi connectivity index (χ1n) is 15.4. The van der Waals surface area contributed by atoms with Gasteiger partial charge in [0.2, 0.25) is 11.8 Å². The third kappa shape index (κ3) is 15.4. The average Bonchev–Trinajstić information content (AvgIpc) is 2.91. The summed E-state index contributed by atoms with van der Waals surface area (Å²) in [4.78, 5) is 37.2. The van der Waals surface area contributed by atoms with Crippen molar-refractivity contribution in [3.8, 4) is 0 Å². The second-order valence-electron chi connectivity index (χ2n) is 12.5. The van der Waals surface area contributed by atoms with E-state index in [2.05, 4.69) is 54.0 Å². The number of aliphatic carboxylic acids is 1. The number of amides is 2.